The number of nitrogens with zero attached hydrogens (tertiary/aromatic N) is 2. The van der Waals surface area contributed by atoms with Gasteiger partial charge in [0.2, 0.25) is 0 Å². The van der Waals surface area contributed by atoms with Crippen molar-refractivity contribution in [2.24, 2.45) is 11.7 Å². The predicted molar refractivity (Wildman–Crippen MR) is 67.5 cm³/mol. The molecule has 0 fully saturated rings. The van der Waals surface area contributed by atoms with Crippen LogP contribution < -0.4 is 5.73 Å². The van der Waals surface area contributed by atoms with Crippen molar-refractivity contribution in [2.45, 2.75) is 26.9 Å². The molecule has 86 valence electrons. The molecule has 0 saturated heterocycles. The monoisotopic (exact) mass is 237 g/mol. The Morgan fingerprint density at radius 2 is 2.25 bits per heavy atom. The van der Waals surface area contributed by atoms with Gasteiger partial charge >= 0.3 is 0 Å². The van der Waals surface area contributed by atoms with Crippen LogP contribution in [0.3, 0.4) is 0 Å². The van der Waals surface area contributed by atoms with Crippen LogP contribution in [0, 0.1) is 5.92 Å². The molecular weight excluding hydrogens is 222 g/mol. The maximum atomic E-state index is 5.95. The summed E-state index contributed by atoms with van der Waals surface area (Å²) in [4.78, 5) is 4.38. The quantitative estimate of drug-likeness (QED) is 0.892. The Morgan fingerprint density at radius 3 is 2.88 bits per heavy atom. The van der Waals surface area contributed by atoms with E-state index < -0.39 is 0 Å². The largest absolute Gasteiger partial charge is 0.332 e. The molecule has 2 rings (SSSR count). The van der Waals surface area contributed by atoms with Gasteiger partial charge in [0, 0.05) is 30.9 Å². The highest BCUT2D eigenvalue weighted by Gasteiger charge is 2.10. The van der Waals surface area contributed by atoms with Gasteiger partial charge in [-0.25, -0.2) is 4.98 Å². The molecule has 16 heavy (non-hydrogen) atoms. The van der Waals surface area contributed by atoms with Crippen molar-refractivity contribution in [3.63, 3.8) is 0 Å². The summed E-state index contributed by atoms with van der Waals surface area (Å²) in [7, 11) is 0. The number of fused-ring (bicyclic) bond motifs is 1. The molecule has 3 nitrogen and oxygen atoms in total. The van der Waals surface area contributed by atoms with Crippen molar-refractivity contribution >= 4 is 22.6 Å². The summed E-state index contributed by atoms with van der Waals surface area (Å²) in [5.74, 6) is 0.582. The Morgan fingerprint density at radius 1 is 1.50 bits per heavy atom. The first-order chi connectivity index (χ1) is 7.61. The third-order valence-electron chi connectivity index (χ3n) is 2.54. The van der Waals surface area contributed by atoms with Gasteiger partial charge in [0.05, 0.1) is 5.02 Å². The second-order valence-corrected chi connectivity index (χ2v) is 4.87. The van der Waals surface area contributed by atoms with Crippen LogP contribution in [0.25, 0.3) is 11.0 Å². The molecule has 0 aliphatic carbocycles. The highest BCUT2D eigenvalue weighted by molar-refractivity contribution is 6.31. The molecule has 0 atom stereocenters. The fourth-order valence-corrected chi connectivity index (χ4v) is 2.07. The summed E-state index contributed by atoms with van der Waals surface area (Å²) in [6, 6.07) is 1.93. The lowest BCUT2D eigenvalue weighted by Crippen LogP contribution is -2.03. The topological polar surface area (TPSA) is 43.8 Å². The minimum absolute atomic E-state index is 0.517. The van der Waals surface area contributed by atoms with Crippen LogP contribution in [-0.4, -0.2) is 9.55 Å². The molecule has 2 aromatic rings. The Balaban J connectivity index is 2.58. The Labute approximate surface area is 100 Å². The first-order valence-electron chi connectivity index (χ1n) is 5.45. The van der Waals surface area contributed by atoms with Crippen LogP contribution in [-0.2, 0) is 13.1 Å². The SMILES string of the molecule is CC(C)Cn1cc(CN)c2cc(Cl)cnc21. The third-order valence-corrected chi connectivity index (χ3v) is 2.75. The molecule has 0 aliphatic heterocycles. The summed E-state index contributed by atoms with van der Waals surface area (Å²) in [5.41, 5.74) is 7.80. The van der Waals surface area contributed by atoms with Crippen molar-refractivity contribution < 1.29 is 0 Å². The van der Waals surface area contributed by atoms with Crippen molar-refractivity contribution in [1.29, 1.82) is 0 Å². The maximum absolute atomic E-state index is 5.95. The molecule has 0 unspecified atom stereocenters. The van der Waals surface area contributed by atoms with E-state index in [1.165, 1.54) is 0 Å². The van der Waals surface area contributed by atoms with E-state index in [0.717, 1.165) is 23.1 Å². The van der Waals surface area contributed by atoms with Gasteiger partial charge in [0.25, 0.3) is 0 Å². The van der Waals surface area contributed by atoms with Gasteiger partial charge < -0.3 is 10.3 Å². The van der Waals surface area contributed by atoms with Gasteiger partial charge in [-0.05, 0) is 17.5 Å². The van der Waals surface area contributed by atoms with Gasteiger partial charge in [-0.1, -0.05) is 25.4 Å². The van der Waals surface area contributed by atoms with Gasteiger partial charge in [-0.2, -0.15) is 0 Å². The average Bonchev–Trinajstić information content (AvgIpc) is 2.55. The van der Waals surface area contributed by atoms with Crippen LogP contribution in [0.2, 0.25) is 5.02 Å². The van der Waals surface area contributed by atoms with E-state index in [9.17, 15) is 0 Å². The Kier molecular flexibility index (Phi) is 3.17. The Hall–Kier alpha value is -1.06. The first-order valence-corrected chi connectivity index (χ1v) is 5.83. The van der Waals surface area contributed by atoms with E-state index in [-0.39, 0.29) is 0 Å². The zero-order valence-corrected chi connectivity index (χ0v) is 10.3. The zero-order valence-electron chi connectivity index (χ0n) is 9.57. The molecular formula is C12H16ClN3. The highest BCUT2D eigenvalue weighted by atomic mass is 35.5. The minimum Gasteiger partial charge on any atom is -0.332 e. The van der Waals surface area contributed by atoms with Crippen LogP contribution in [0.5, 0.6) is 0 Å². The lowest BCUT2D eigenvalue weighted by Gasteiger charge is -2.07. The lowest BCUT2D eigenvalue weighted by molar-refractivity contribution is 0.532. The van der Waals surface area contributed by atoms with Crippen molar-refractivity contribution in [2.75, 3.05) is 0 Å². The summed E-state index contributed by atoms with van der Waals surface area (Å²) >= 11 is 5.95. The second-order valence-electron chi connectivity index (χ2n) is 4.43. The number of nitrogens with two attached hydrogens (primary N) is 1. The van der Waals surface area contributed by atoms with Crippen molar-refractivity contribution in [3.05, 3.63) is 29.0 Å². The number of pyridine rings is 1. The first kappa shape index (κ1) is 11.4. The third kappa shape index (κ3) is 2.06. The van der Waals surface area contributed by atoms with E-state index in [0.29, 0.717) is 17.5 Å². The zero-order chi connectivity index (χ0) is 11.7. The van der Waals surface area contributed by atoms with Gasteiger partial charge in [0.15, 0.2) is 0 Å². The maximum Gasteiger partial charge on any atom is 0.140 e. The molecule has 0 spiro atoms. The van der Waals surface area contributed by atoms with Gasteiger partial charge in [0.1, 0.15) is 5.65 Å². The fourth-order valence-electron chi connectivity index (χ4n) is 1.91. The summed E-state index contributed by atoms with van der Waals surface area (Å²) in [6.07, 6.45) is 3.76. The van der Waals surface area contributed by atoms with Gasteiger partial charge in [-0.3, -0.25) is 0 Å². The number of rotatable bonds is 3. The fraction of sp³-hybridized carbons (Fsp3) is 0.417. The Bertz CT molecular complexity index is 502. The number of hydrogen-bond acceptors (Lipinski definition) is 2. The standard InChI is InChI=1S/C12H16ClN3/c1-8(2)6-16-7-9(4-14)11-3-10(13)5-15-12(11)16/h3,5,7-8H,4,6,14H2,1-2H3. The molecule has 0 aromatic carbocycles. The van der Waals surface area contributed by atoms with E-state index in [1.807, 2.05) is 6.07 Å². The summed E-state index contributed by atoms with van der Waals surface area (Å²) in [5, 5.41) is 1.72. The molecule has 2 N–H and O–H groups in total. The summed E-state index contributed by atoms with van der Waals surface area (Å²) < 4.78 is 2.15. The molecule has 0 saturated carbocycles. The minimum atomic E-state index is 0.517. The van der Waals surface area contributed by atoms with Crippen LogP contribution in [0.4, 0.5) is 0 Å². The average molecular weight is 238 g/mol. The van der Waals surface area contributed by atoms with E-state index in [2.05, 4.69) is 29.6 Å². The molecule has 0 radical (unpaired) electrons. The molecule has 2 aromatic heterocycles. The predicted octanol–water partition coefficient (Wildman–Crippen LogP) is 2.80. The van der Waals surface area contributed by atoms with Crippen LogP contribution in [0.1, 0.15) is 19.4 Å². The van der Waals surface area contributed by atoms with E-state index >= 15 is 0 Å². The lowest BCUT2D eigenvalue weighted by atomic mass is 10.2. The van der Waals surface area contributed by atoms with Crippen molar-refractivity contribution in [3.8, 4) is 0 Å². The second kappa shape index (κ2) is 4.44. The molecule has 0 bridgehead atoms. The molecule has 0 aliphatic rings. The normalized spacial score (nSPS) is 11.6. The van der Waals surface area contributed by atoms with Crippen molar-refractivity contribution in [1.82, 2.24) is 9.55 Å². The van der Waals surface area contributed by atoms with Crippen LogP contribution in [0.15, 0.2) is 18.5 Å². The molecule has 0 amide bonds. The molecule has 4 heteroatoms. The van der Waals surface area contributed by atoms with Gasteiger partial charge in [-0.15, -0.1) is 0 Å². The number of halogens is 1. The molecule has 2 heterocycles. The summed E-state index contributed by atoms with van der Waals surface area (Å²) in [6.45, 7) is 5.84. The number of hydrogen-bond donors (Lipinski definition) is 1. The smallest absolute Gasteiger partial charge is 0.140 e. The highest BCUT2D eigenvalue weighted by Crippen LogP contribution is 2.23. The van der Waals surface area contributed by atoms with E-state index in [4.69, 9.17) is 17.3 Å². The van der Waals surface area contributed by atoms with Crippen LogP contribution >= 0.6 is 11.6 Å². The number of aromatic nitrogens is 2. The van der Waals surface area contributed by atoms with E-state index in [1.54, 1.807) is 6.20 Å².